The van der Waals surface area contributed by atoms with Crippen molar-refractivity contribution in [3.63, 3.8) is 0 Å². The minimum Gasteiger partial charge on any atom is -0.334 e. The summed E-state index contributed by atoms with van der Waals surface area (Å²) in [7, 11) is 0. The van der Waals surface area contributed by atoms with Crippen LogP contribution in [0.15, 0.2) is 235 Å². The highest BCUT2D eigenvalue weighted by Crippen LogP contribution is 2.40. The predicted molar refractivity (Wildman–Crippen MR) is 260 cm³/mol. The fourth-order valence-corrected chi connectivity index (χ4v) is 8.97. The molecular weight excluding hydrogens is 769 g/mol. The molecule has 0 fully saturated rings. The molecule has 0 radical (unpaired) electrons. The van der Waals surface area contributed by atoms with Gasteiger partial charge in [-0.1, -0.05) is 139 Å². The van der Waals surface area contributed by atoms with Crippen LogP contribution >= 0.6 is 0 Å². The Kier molecular flexibility index (Phi) is 8.75. The lowest BCUT2D eigenvalue weighted by Crippen LogP contribution is -2.10. The summed E-state index contributed by atoms with van der Waals surface area (Å²) < 4.78 is 8.10. The van der Waals surface area contributed by atoms with Gasteiger partial charge in [0.15, 0.2) is 0 Å². The van der Waals surface area contributed by atoms with Gasteiger partial charge in [-0.25, -0.2) is 0 Å². The average molecular weight is 807 g/mol. The highest BCUT2D eigenvalue weighted by Gasteiger charge is 2.18. The monoisotopic (exact) mass is 806 g/mol. The van der Waals surface area contributed by atoms with Gasteiger partial charge in [0.25, 0.3) is 5.89 Å². The van der Waals surface area contributed by atoms with Crippen molar-refractivity contribution in [2.45, 2.75) is 0 Å². The maximum atomic E-state index is 5.70. The summed E-state index contributed by atoms with van der Waals surface area (Å²) in [5.74, 6) is 1.05. The Morgan fingerprint density at radius 1 is 0.349 bits per heavy atom. The van der Waals surface area contributed by atoms with Gasteiger partial charge in [-0.2, -0.15) is 4.98 Å². The minimum atomic E-state index is 0.482. The van der Waals surface area contributed by atoms with Crippen LogP contribution in [0.3, 0.4) is 0 Å². The van der Waals surface area contributed by atoms with Crippen LogP contribution in [-0.2, 0) is 0 Å². The van der Waals surface area contributed by atoms with Crippen molar-refractivity contribution in [2.24, 2.45) is 0 Å². The molecule has 0 saturated heterocycles. The van der Waals surface area contributed by atoms with Gasteiger partial charge in [-0.05, 0) is 141 Å². The van der Waals surface area contributed by atoms with Crippen molar-refractivity contribution in [2.75, 3.05) is 4.90 Å². The summed E-state index contributed by atoms with van der Waals surface area (Å²) in [5.41, 5.74) is 13.1. The molecule has 0 atom stereocenters. The van der Waals surface area contributed by atoms with Gasteiger partial charge >= 0.3 is 0 Å². The first-order valence-electron chi connectivity index (χ1n) is 21.2. The number of hydrogen-bond acceptors (Lipinski definition) is 4. The lowest BCUT2D eigenvalue weighted by molar-refractivity contribution is 0.432. The van der Waals surface area contributed by atoms with Gasteiger partial charge in [-0.3, -0.25) is 0 Å². The van der Waals surface area contributed by atoms with Crippen LogP contribution in [0.25, 0.3) is 94.1 Å². The number of aromatic nitrogens is 3. The Morgan fingerprint density at radius 2 is 0.794 bits per heavy atom. The van der Waals surface area contributed by atoms with Gasteiger partial charge in [0, 0.05) is 44.6 Å². The van der Waals surface area contributed by atoms with Crippen LogP contribution in [0.5, 0.6) is 0 Å². The second-order valence-electron chi connectivity index (χ2n) is 15.9. The van der Waals surface area contributed by atoms with Crippen LogP contribution in [0.2, 0.25) is 0 Å². The van der Waals surface area contributed by atoms with Crippen molar-refractivity contribution in [3.8, 4) is 50.8 Å². The third-order valence-corrected chi connectivity index (χ3v) is 12.1. The molecular formula is C58H38N4O. The molecule has 296 valence electrons. The third kappa shape index (κ3) is 6.60. The molecule has 0 amide bonds. The standard InChI is InChI=1S/C58H38N4O/c1-3-13-41(14-4-1)57-59-58(63-60-57)42-23-27-50(28-24-42)61(49-17-5-2-6-18-49)51-29-31-52(32-30-51)62-55-33-25-47(45-21-19-39-11-7-9-15-43(39)35-45)37-53(55)54-38-48(26-34-56(54)62)46-22-20-40-12-8-10-16-44(40)36-46/h1-38H. The number of fused-ring (bicyclic) bond motifs is 5. The maximum absolute atomic E-state index is 5.70. The van der Waals surface area contributed by atoms with E-state index < -0.39 is 0 Å². The van der Waals surface area contributed by atoms with E-state index in [1.165, 1.54) is 54.6 Å². The third-order valence-electron chi connectivity index (χ3n) is 12.1. The highest BCUT2D eigenvalue weighted by molar-refractivity contribution is 6.12. The molecule has 0 aliphatic rings. The smallest absolute Gasteiger partial charge is 0.258 e. The molecule has 0 aliphatic carbocycles. The number of rotatable bonds is 8. The maximum Gasteiger partial charge on any atom is 0.258 e. The summed E-state index contributed by atoms with van der Waals surface area (Å²) in [6.07, 6.45) is 0. The topological polar surface area (TPSA) is 47.1 Å². The predicted octanol–water partition coefficient (Wildman–Crippen LogP) is 15.6. The van der Waals surface area contributed by atoms with E-state index in [9.17, 15) is 0 Å². The fourth-order valence-electron chi connectivity index (χ4n) is 8.97. The lowest BCUT2D eigenvalue weighted by atomic mass is 9.98. The van der Waals surface area contributed by atoms with Gasteiger partial charge < -0.3 is 14.0 Å². The van der Waals surface area contributed by atoms with Crippen molar-refractivity contribution >= 4 is 60.4 Å². The van der Waals surface area contributed by atoms with E-state index in [1.807, 2.05) is 48.5 Å². The SMILES string of the molecule is c1ccc(-c2noc(-c3ccc(N(c4ccccc4)c4ccc(-n5c6ccc(-c7ccc8ccccc8c7)cc6c6cc(-c7ccc8ccccc8c7)ccc65)cc4)cc3)n2)cc1. The van der Waals surface area contributed by atoms with Crippen LogP contribution in [0, 0.1) is 0 Å². The fraction of sp³-hybridized carbons (Fsp3) is 0. The molecule has 0 bridgehead atoms. The van der Waals surface area contributed by atoms with Gasteiger partial charge in [0.2, 0.25) is 5.82 Å². The van der Waals surface area contributed by atoms with Crippen molar-refractivity contribution in [3.05, 3.63) is 231 Å². The van der Waals surface area contributed by atoms with Gasteiger partial charge in [-0.15, -0.1) is 0 Å². The molecule has 2 heterocycles. The Hall–Kier alpha value is -8.54. The first-order chi connectivity index (χ1) is 31.2. The minimum absolute atomic E-state index is 0.482. The summed E-state index contributed by atoms with van der Waals surface area (Å²) in [5, 5.41) is 11.6. The second-order valence-corrected chi connectivity index (χ2v) is 15.9. The molecule has 10 aromatic carbocycles. The van der Waals surface area contributed by atoms with Crippen LogP contribution in [-0.4, -0.2) is 14.7 Å². The summed E-state index contributed by atoms with van der Waals surface area (Å²) in [4.78, 5) is 6.96. The van der Waals surface area contributed by atoms with E-state index in [0.717, 1.165) is 44.9 Å². The molecule has 2 aromatic heterocycles. The van der Waals surface area contributed by atoms with Crippen molar-refractivity contribution in [1.82, 2.24) is 14.7 Å². The largest absolute Gasteiger partial charge is 0.334 e. The molecule has 0 N–H and O–H groups in total. The first-order valence-corrected chi connectivity index (χ1v) is 21.2. The van der Waals surface area contributed by atoms with Crippen LogP contribution in [0.1, 0.15) is 0 Å². The number of anilines is 3. The zero-order valence-electron chi connectivity index (χ0n) is 34.1. The number of para-hydroxylation sites is 1. The molecule has 12 aromatic rings. The molecule has 12 rings (SSSR count). The normalized spacial score (nSPS) is 11.5. The lowest BCUT2D eigenvalue weighted by Gasteiger charge is -2.26. The van der Waals surface area contributed by atoms with Crippen molar-refractivity contribution in [1.29, 1.82) is 0 Å². The number of nitrogens with zero attached hydrogens (tertiary/aromatic N) is 4. The average Bonchev–Trinajstić information content (AvgIpc) is 3.98. The van der Waals surface area contributed by atoms with E-state index in [0.29, 0.717) is 11.7 Å². The van der Waals surface area contributed by atoms with E-state index >= 15 is 0 Å². The Bertz CT molecular complexity index is 3470. The summed E-state index contributed by atoms with van der Waals surface area (Å²) in [6, 6.07) is 82.0. The molecule has 0 unspecified atom stereocenters. The van der Waals surface area contributed by atoms with E-state index in [-0.39, 0.29) is 0 Å². The van der Waals surface area contributed by atoms with Crippen molar-refractivity contribution < 1.29 is 4.52 Å². The zero-order valence-corrected chi connectivity index (χ0v) is 34.1. The Morgan fingerprint density at radius 3 is 1.37 bits per heavy atom. The molecule has 0 spiro atoms. The summed E-state index contributed by atoms with van der Waals surface area (Å²) in [6.45, 7) is 0. The first kappa shape index (κ1) is 36.3. The van der Waals surface area contributed by atoms with E-state index in [2.05, 4.69) is 202 Å². The van der Waals surface area contributed by atoms with Gasteiger partial charge in [0.1, 0.15) is 0 Å². The van der Waals surface area contributed by atoms with E-state index in [1.54, 1.807) is 0 Å². The van der Waals surface area contributed by atoms with Gasteiger partial charge in [0.05, 0.1) is 11.0 Å². The Labute approximate surface area is 364 Å². The van der Waals surface area contributed by atoms with Crippen LogP contribution < -0.4 is 4.90 Å². The second kappa shape index (κ2) is 15.2. The molecule has 0 saturated carbocycles. The zero-order chi connectivity index (χ0) is 41.7. The van der Waals surface area contributed by atoms with Crippen LogP contribution in [0.4, 0.5) is 17.1 Å². The molecule has 63 heavy (non-hydrogen) atoms. The highest BCUT2D eigenvalue weighted by atomic mass is 16.5. The molecule has 5 heteroatoms. The Balaban J connectivity index is 0.950. The quantitative estimate of drug-likeness (QED) is 0.153. The molecule has 0 aliphatic heterocycles. The summed E-state index contributed by atoms with van der Waals surface area (Å²) >= 11 is 0. The number of benzene rings is 10. The number of hydrogen-bond donors (Lipinski definition) is 0. The molecule has 5 nitrogen and oxygen atoms in total. The van der Waals surface area contributed by atoms with E-state index in [4.69, 9.17) is 4.52 Å².